The monoisotopic (exact) mass is 350 g/mol. The lowest BCUT2D eigenvalue weighted by molar-refractivity contribution is 0.208. The Labute approximate surface area is 146 Å². The van der Waals surface area contributed by atoms with E-state index in [4.69, 9.17) is 23.2 Å². The fourth-order valence-electron chi connectivity index (χ4n) is 2.91. The zero-order valence-corrected chi connectivity index (χ0v) is 14.6. The number of likely N-dealkylation sites (tertiary alicyclic amines) is 1. The van der Waals surface area contributed by atoms with Gasteiger partial charge in [0.05, 0.1) is 10.0 Å². The quantitative estimate of drug-likeness (QED) is 0.898. The van der Waals surface area contributed by atoms with E-state index in [0.29, 0.717) is 22.0 Å². The van der Waals surface area contributed by atoms with Crippen LogP contribution in [0.25, 0.3) is 0 Å². The summed E-state index contributed by atoms with van der Waals surface area (Å²) in [5, 5.41) is 4.66. The molecule has 0 aliphatic carbocycles. The first kappa shape index (κ1) is 16.5. The third-order valence-corrected chi connectivity index (χ3v) is 4.76. The molecule has 1 N–H and O–H groups in total. The molecule has 0 amide bonds. The van der Waals surface area contributed by atoms with Crippen molar-refractivity contribution in [1.82, 2.24) is 14.9 Å². The first-order valence-corrected chi connectivity index (χ1v) is 8.58. The Hall–Kier alpha value is -1.36. The van der Waals surface area contributed by atoms with E-state index in [0.717, 1.165) is 38.2 Å². The first-order chi connectivity index (χ1) is 11.1. The summed E-state index contributed by atoms with van der Waals surface area (Å²) in [6.07, 6.45) is 4.08. The van der Waals surface area contributed by atoms with Gasteiger partial charge in [-0.3, -0.25) is 4.90 Å². The molecule has 1 atom stereocenters. The molecule has 0 bridgehead atoms. The number of hydrogen-bond donors (Lipinski definition) is 1. The summed E-state index contributed by atoms with van der Waals surface area (Å²) >= 11 is 12.1. The van der Waals surface area contributed by atoms with Crippen LogP contribution in [0.3, 0.4) is 0 Å². The number of halogens is 2. The van der Waals surface area contributed by atoms with Crippen LogP contribution in [0.5, 0.6) is 0 Å². The molecular formula is C17H20Cl2N4. The highest BCUT2D eigenvalue weighted by Gasteiger charge is 2.20. The zero-order chi connectivity index (χ0) is 16.2. The van der Waals surface area contributed by atoms with Crippen LogP contribution in [-0.4, -0.2) is 34.0 Å². The molecule has 1 aliphatic heterocycles. The van der Waals surface area contributed by atoms with E-state index in [-0.39, 0.29) is 0 Å². The molecule has 0 spiro atoms. The lowest BCUT2D eigenvalue weighted by Gasteiger charge is -2.33. The van der Waals surface area contributed by atoms with Crippen molar-refractivity contribution in [2.75, 3.05) is 18.4 Å². The van der Waals surface area contributed by atoms with Gasteiger partial charge in [-0.2, -0.15) is 0 Å². The molecule has 0 saturated carbocycles. The summed E-state index contributed by atoms with van der Waals surface area (Å²) in [5.74, 6) is 0.714. The predicted molar refractivity (Wildman–Crippen MR) is 95.2 cm³/mol. The van der Waals surface area contributed by atoms with Crippen molar-refractivity contribution in [3.05, 3.63) is 51.8 Å². The van der Waals surface area contributed by atoms with Gasteiger partial charge in [0.1, 0.15) is 0 Å². The van der Waals surface area contributed by atoms with Gasteiger partial charge in [-0.05, 0) is 50.1 Å². The van der Waals surface area contributed by atoms with Gasteiger partial charge in [-0.25, -0.2) is 9.97 Å². The lowest BCUT2D eigenvalue weighted by atomic mass is 10.0. The average molecular weight is 351 g/mol. The van der Waals surface area contributed by atoms with Crippen LogP contribution >= 0.6 is 23.2 Å². The molecular weight excluding hydrogens is 331 g/mol. The highest BCUT2D eigenvalue weighted by molar-refractivity contribution is 6.42. The number of hydrogen-bond acceptors (Lipinski definition) is 4. The molecule has 6 heteroatoms. The van der Waals surface area contributed by atoms with E-state index in [1.165, 1.54) is 5.56 Å². The van der Waals surface area contributed by atoms with Gasteiger partial charge >= 0.3 is 0 Å². The maximum Gasteiger partial charge on any atom is 0.223 e. The van der Waals surface area contributed by atoms with Crippen LogP contribution < -0.4 is 5.32 Å². The molecule has 2 aromatic rings. The second-order valence-corrected chi connectivity index (χ2v) is 6.80. The largest absolute Gasteiger partial charge is 0.350 e. The molecule has 2 heterocycles. The molecule has 1 saturated heterocycles. The van der Waals surface area contributed by atoms with Gasteiger partial charge in [0.15, 0.2) is 0 Å². The van der Waals surface area contributed by atoms with Crippen molar-refractivity contribution in [2.24, 2.45) is 0 Å². The van der Waals surface area contributed by atoms with Gasteiger partial charge < -0.3 is 5.32 Å². The fourth-order valence-corrected chi connectivity index (χ4v) is 3.23. The molecule has 1 unspecified atom stereocenters. The number of nitrogens with one attached hydrogen (secondary N) is 1. The Bertz CT molecular complexity index is 677. The predicted octanol–water partition coefficient (Wildman–Crippen LogP) is 4.17. The number of anilines is 1. The summed E-state index contributed by atoms with van der Waals surface area (Å²) in [5.41, 5.74) is 2.16. The van der Waals surface area contributed by atoms with E-state index in [2.05, 4.69) is 20.2 Å². The summed E-state index contributed by atoms with van der Waals surface area (Å²) in [7, 11) is 0. The van der Waals surface area contributed by atoms with Crippen LogP contribution in [0.2, 0.25) is 10.0 Å². The molecule has 3 rings (SSSR count). The number of piperidine rings is 1. The number of aryl methyl sites for hydroxylation is 1. The standard InChI is InChI=1S/C17H20Cl2N4/c1-12-6-7-20-17(21-12)22-14-3-2-8-23(11-14)10-13-4-5-15(18)16(19)9-13/h4-7,9,14H,2-3,8,10-11H2,1H3,(H,20,21,22). The molecule has 1 aromatic heterocycles. The Morgan fingerprint density at radius 3 is 2.91 bits per heavy atom. The van der Waals surface area contributed by atoms with E-state index >= 15 is 0 Å². The summed E-state index contributed by atoms with van der Waals surface area (Å²) < 4.78 is 0. The van der Waals surface area contributed by atoms with Gasteiger partial charge in [-0.15, -0.1) is 0 Å². The second kappa shape index (κ2) is 7.47. The number of aromatic nitrogens is 2. The highest BCUT2D eigenvalue weighted by atomic mass is 35.5. The first-order valence-electron chi connectivity index (χ1n) is 7.82. The van der Waals surface area contributed by atoms with E-state index in [9.17, 15) is 0 Å². The van der Waals surface area contributed by atoms with E-state index in [1.54, 1.807) is 6.20 Å². The number of nitrogens with zero attached hydrogens (tertiary/aromatic N) is 3. The smallest absolute Gasteiger partial charge is 0.223 e. The molecule has 0 radical (unpaired) electrons. The minimum atomic E-state index is 0.369. The van der Waals surface area contributed by atoms with E-state index in [1.807, 2.05) is 31.2 Å². The molecule has 122 valence electrons. The molecule has 1 aromatic carbocycles. The van der Waals surface area contributed by atoms with Gasteiger partial charge in [0, 0.05) is 31.0 Å². The van der Waals surface area contributed by atoms with Crippen LogP contribution in [0.15, 0.2) is 30.5 Å². The topological polar surface area (TPSA) is 41.1 Å². The number of rotatable bonds is 4. The molecule has 4 nitrogen and oxygen atoms in total. The molecule has 23 heavy (non-hydrogen) atoms. The van der Waals surface area contributed by atoms with Crippen LogP contribution in [0.4, 0.5) is 5.95 Å². The van der Waals surface area contributed by atoms with Gasteiger partial charge in [0.2, 0.25) is 5.95 Å². The van der Waals surface area contributed by atoms with Crippen molar-refractivity contribution in [3.63, 3.8) is 0 Å². The summed E-state index contributed by atoms with van der Waals surface area (Å²) in [4.78, 5) is 11.1. The Morgan fingerprint density at radius 1 is 1.26 bits per heavy atom. The fraction of sp³-hybridized carbons (Fsp3) is 0.412. The molecule has 1 fully saturated rings. The maximum atomic E-state index is 6.10. The van der Waals surface area contributed by atoms with Gasteiger partial charge in [0.25, 0.3) is 0 Å². The maximum absolute atomic E-state index is 6.10. The highest BCUT2D eigenvalue weighted by Crippen LogP contribution is 2.24. The van der Waals surface area contributed by atoms with Crippen molar-refractivity contribution < 1.29 is 0 Å². The average Bonchev–Trinajstić information content (AvgIpc) is 2.51. The second-order valence-electron chi connectivity index (χ2n) is 5.99. The van der Waals surface area contributed by atoms with Crippen molar-refractivity contribution in [3.8, 4) is 0 Å². The van der Waals surface area contributed by atoms with Crippen molar-refractivity contribution in [2.45, 2.75) is 32.4 Å². The third-order valence-electron chi connectivity index (χ3n) is 4.02. The van der Waals surface area contributed by atoms with Crippen LogP contribution in [0.1, 0.15) is 24.1 Å². The zero-order valence-electron chi connectivity index (χ0n) is 13.1. The van der Waals surface area contributed by atoms with E-state index < -0.39 is 0 Å². The number of benzene rings is 1. The third kappa shape index (κ3) is 4.56. The SMILES string of the molecule is Cc1ccnc(NC2CCCN(Cc3ccc(Cl)c(Cl)c3)C2)n1. The van der Waals surface area contributed by atoms with Crippen LogP contribution in [0, 0.1) is 6.92 Å². The van der Waals surface area contributed by atoms with Gasteiger partial charge in [-0.1, -0.05) is 29.3 Å². The minimum Gasteiger partial charge on any atom is -0.350 e. The van der Waals surface area contributed by atoms with Crippen molar-refractivity contribution in [1.29, 1.82) is 0 Å². The Morgan fingerprint density at radius 2 is 2.13 bits per heavy atom. The normalized spacial score (nSPS) is 18.8. The molecule has 1 aliphatic rings. The minimum absolute atomic E-state index is 0.369. The Kier molecular flexibility index (Phi) is 5.36. The van der Waals surface area contributed by atoms with Crippen molar-refractivity contribution >= 4 is 29.2 Å². The summed E-state index contributed by atoms with van der Waals surface area (Å²) in [6.45, 7) is 4.92. The van der Waals surface area contributed by atoms with Crippen LogP contribution in [-0.2, 0) is 6.54 Å². The lowest BCUT2D eigenvalue weighted by Crippen LogP contribution is -2.41. The summed E-state index contributed by atoms with van der Waals surface area (Å²) in [6, 6.07) is 8.12. The Balaban J connectivity index is 1.60.